The van der Waals surface area contributed by atoms with Crippen molar-refractivity contribution in [3.8, 4) is 0 Å². The Bertz CT molecular complexity index is 365. The van der Waals surface area contributed by atoms with Gasteiger partial charge in [0.2, 0.25) is 0 Å². The average molecular weight is 317 g/mol. The summed E-state index contributed by atoms with van der Waals surface area (Å²) in [6.07, 6.45) is 5.09. The van der Waals surface area contributed by atoms with E-state index in [1.54, 1.807) is 0 Å². The Morgan fingerprint density at radius 2 is 2.29 bits per heavy atom. The number of nitrogens with one attached hydrogen (secondary N) is 1. The third kappa shape index (κ3) is 4.82. The van der Waals surface area contributed by atoms with E-state index >= 15 is 0 Å². The van der Waals surface area contributed by atoms with Crippen LogP contribution in [0.5, 0.6) is 0 Å². The zero-order chi connectivity index (χ0) is 12.7. The van der Waals surface area contributed by atoms with E-state index in [9.17, 15) is 0 Å². The zero-order valence-electron chi connectivity index (χ0n) is 10.2. The summed E-state index contributed by atoms with van der Waals surface area (Å²) in [5, 5.41) is 4.36. The molecule has 3 heteroatoms. The second-order valence-electron chi connectivity index (χ2n) is 4.04. The Kier molecular flexibility index (Phi) is 6.86. The van der Waals surface area contributed by atoms with Gasteiger partial charge in [0.05, 0.1) is 0 Å². The molecular formula is C14H19BrClN. The average Bonchev–Trinajstić information content (AvgIpc) is 2.33. The third-order valence-electron chi connectivity index (χ3n) is 2.63. The van der Waals surface area contributed by atoms with E-state index in [0.717, 1.165) is 40.9 Å². The molecule has 1 N–H and O–H groups in total. The first kappa shape index (κ1) is 14.7. The molecule has 0 spiro atoms. The first-order chi connectivity index (χ1) is 8.19. The Labute approximate surface area is 117 Å². The van der Waals surface area contributed by atoms with Crippen molar-refractivity contribution < 1.29 is 0 Å². The number of benzene rings is 1. The van der Waals surface area contributed by atoms with Crippen molar-refractivity contribution in [1.29, 1.82) is 0 Å². The lowest BCUT2D eigenvalue weighted by atomic mass is 10.0. The van der Waals surface area contributed by atoms with Gasteiger partial charge >= 0.3 is 0 Å². The van der Waals surface area contributed by atoms with Gasteiger partial charge < -0.3 is 5.32 Å². The first-order valence-electron chi connectivity index (χ1n) is 5.98. The standard InChI is InChI=1S/C14H19BrClN/c1-3-5-6-14(17-9-4-2)12-10-11(15)7-8-13(12)16/h3,7-8,10,14,17H,1,4-6,9H2,2H3. The van der Waals surface area contributed by atoms with Crippen molar-refractivity contribution in [2.75, 3.05) is 6.54 Å². The first-order valence-corrected chi connectivity index (χ1v) is 7.15. The van der Waals surface area contributed by atoms with Gasteiger partial charge in [-0.25, -0.2) is 0 Å². The molecule has 0 aliphatic heterocycles. The smallest absolute Gasteiger partial charge is 0.0454 e. The largest absolute Gasteiger partial charge is 0.310 e. The van der Waals surface area contributed by atoms with Crippen LogP contribution in [0.2, 0.25) is 5.02 Å². The lowest BCUT2D eigenvalue weighted by molar-refractivity contribution is 0.503. The molecule has 0 heterocycles. The molecule has 94 valence electrons. The summed E-state index contributed by atoms with van der Waals surface area (Å²) >= 11 is 9.76. The molecule has 0 aliphatic rings. The fraction of sp³-hybridized carbons (Fsp3) is 0.429. The van der Waals surface area contributed by atoms with Crippen LogP contribution in [0.1, 0.15) is 37.8 Å². The summed E-state index contributed by atoms with van der Waals surface area (Å²) in [6.45, 7) is 6.95. The minimum atomic E-state index is 0.304. The molecule has 1 aromatic rings. The molecule has 0 fully saturated rings. The van der Waals surface area contributed by atoms with Gasteiger partial charge in [-0.1, -0.05) is 40.5 Å². The van der Waals surface area contributed by atoms with E-state index in [4.69, 9.17) is 11.6 Å². The summed E-state index contributed by atoms with van der Waals surface area (Å²) in [6, 6.07) is 6.31. The maximum atomic E-state index is 6.26. The van der Waals surface area contributed by atoms with Gasteiger partial charge in [-0.05, 0) is 49.6 Å². The Hall–Kier alpha value is -0.310. The minimum absolute atomic E-state index is 0.304. The summed E-state index contributed by atoms with van der Waals surface area (Å²) in [5.41, 5.74) is 1.16. The van der Waals surface area contributed by atoms with Crippen LogP contribution < -0.4 is 5.32 Å². The second kappa shape index (κ2) is 7.91. The van der Waals surface area contributed by atoms with Crippen LogP contribution in [0, 0.1) is 0 Å². The van der Waals surface area contributed by atoms with Crippen LogP contribution in [-0.4, -0.2) is 6.54 Å². The van der Waals surface area contributed by atoms with Crippen molar-refractivity contribution in [1.82, 2.24) is 5.32 Å². The molecular weight excluding hydrogens is 298 g/mol. The van der Waals surface area contributed by atoms with Crippen molar-refractivity contribution in [2.24, 2.45) is 0 Å². The summed E-state index contributed by atoms with van der Waals surface area (Å²) < 4.78 is 1.07. The molecule has 0 radical (unpaired) electrons. The molecule has 1 aromatic carbocycles. The fourth-order valence-corrected chi connectivity index (χ4v) is 2.38. The van der Waals surface area contributed by atoms with E-state index in [0.29, 0.717) is 6.04 Å². The zero-order valence-corrected chi connectivity index (χ0v) is 12.5. The predicted octanol–water partition coefficient (Wildman–Crippen LogP) is 5.11. The van der Waals surface area contributed by atoms with Gasteiger partial charge in [0.25, 0.3) is 0 Å². The van der Waals surface area contributed by atoms with Gasteiger partial charge in [-0.2, -0.15) is 0 Å². The van der Waals surface area contributed by atoms with E-state index in [1.807, 2.05) is 18.2 Å². The van der Waals surface area contributed by atoms with Crippen LogP contribution in [0.25, 0.3) is 0 Å². The van der Waals surface area contributed by atoms with E-state index < -0.39 is 0 Å². The predicted molar refractivity (Wildman–Crippen MR) is 79.6 cm³/mol. The molecule has 1 nitrogen and oxygen atoms in total. The van der Waals surface area contributed by atoms with Crippen molar-refractivity contribution in [3.63, 3.8) is 0 Å². The lowest BCUT2D eigenvalue weighted by Gasteiger charge is -2.20. The second-order valence-corrected chi connectivity index (χ2v) is 5.36. The summed E-state index contributed by atoms with van der Waals surface area (Å²) in [4.78, 5) is 0. The van der Waals surface area contributed by atoms with Crippen molar-refractivity contribution in [2.45, 2.75) is 32.2 Å². The Morgan fingerprint density at radius 3 is 2.94 bits per heavy atom. The van der Waals surface area contributed by atoms with Crippen LogP contribution >= 0.6 is 27.5 Å². The SMILES string of the molecule is C=CCCC(NCCC)c1cc(Br)ccc1Cl. The minimum Gasteiger partial charge on any atom is -0.310 e. The highest BCUT2D eigenvalue weighted by Crippen LogP contribution is 2.29. The molecule has 1 rings (SSSR count). The molecule has 1 unspecified atom stereocenters. The normalized spacial score (nSPS) is 12.4. The highest BCUT2D eigenvalue weighted by Gasteiger charge is 2.13. The van der Waals surface area contributed by atoms with Crippen LogP contribution in [-0.2, 0) is 0 Å². The van der Waals surface area contributed by atoms with E-state index in [2.05, 4.69) is 40.8 Å². The van der Waals surface area contributed by atoms with Gasteiger partial charge in [0.15, 0.2) is 0 Å². The Morgan fingerprint density at radius 1 is 1.53 bits per heavy atom. The monoisotopic (exact) mass is 315 g/mol. The topological polar surface area (TPSA) is 12.0 Å². The molecule has 0 saturated heterocycles. The molecule has 17 heavy (non-hydrogen) atoms. The summed E-state index contributed by atoms with van der Waals surface area (Å²) in [5.74, 6) is 0. The molecule has 0 bridgehead atoms. The maximum Gasteiger partial charge on any atom is 0.0454 e. The van der Waals surface area contributed by atoms with Gasteiger partial charge in [-0.3, -0.25) is 0 Å². The van der Waals surface area contributed by atoms with E-state index in [1.165, 1.54) is 0 Å². The highest BCUT2D eigenvalue weighted by molar-refractivity contribution is 9.10. The van der Waals surface area contributed by atoms with Crippen LogP contribution in [0.3, 0.4) is 0 Å². The van der Waals surface area contributed by atoms with Gasteiger partial charge in [-0.15, -0.1) is 6.58 Å². The number of hydrogen-bond acceptors (Lipinski definition) is 1. The van der Waals surface area contributed by atoms with Crippen molar-refractivity contribution >= 4 is 27.5 Å². The molecule has 0 aromatic heterocycles. The van der Waals surface area contributed by atoms with E-state index in [-0.39, 0.29) is 0 Å². The number of halogens is 2. The fourth-order valence-electron chi connectivity index (χ4n) is 1.75. The van der Waals surface area contributed by atoms with Crippen molar-refractivity contribution in [3.05, 3.63) is 45.9 Å². The molecule has 0 saturated carbocycles. The highest BCUT2D eigenvalue weighted by atomic mass is 79.9. The third-order valence-corrected chi connectivity index (χ3v) is 3.47. The molecule has 0 aliphatic carbocycles. The van der Waals surface area contributed by atoms with Crippen LogP contribution in [0.15, 0.2) is 35.3 Å². The molecule has 0 amide bonds. The lowest BCUT2D eigenvalue weighted by Crippen LogP contribution is -2.22. The Balaban J connectivity index is 2.85. The number of rotatable bonds is 7. The van der Waals surface area contributed by atoms with Crippen LogP contribution in [0.4, 0.5) is 0 Å². The van der Waals surface area contributed by atoms with Gasteiger partial charge in [0, 0.05) is 15.5 Å². The molecule has 1 atom stereocenters. The quantitative estimate of drug-likeness (QED) is 0.689. The maximum absolute atomic E-state index is 6.26. The number of hydrogen-bond donors (Lipinski definition) is 1. The summed E-state index contributed by atoms with van der Waals surface area (Å²) in [7, 11) is 0. The number of allylic oxidation sites excluding steroid dienone is 1. The van der Waals surface area contributed by atoms with Gasteiger partial charge in [0.1, 0.15) is 0 Å².